The molecular formula is C14H21NO2. The summed E-state index contributed by atoms with van der Waals surface area (Å²) in [4.78, 5) is 10.7. The SMILES string of the molecule is CCc1cc(CC)c(COC(N)=O)c(CC)c1. The van der Waals surface area contributed by atoms with Gasteiger partial charge < -0.3 is 10.5 Å². The first-order valence-electron chi connectivity index (χ1n) is 6.18. The molecule has 1 rings (SSSR count). The summed E-state index contributed by atoms with van der Waals surface area (Å²) >= 11 is 0. The van der Waals surface area contributed by atoms with Crippen LogP contribution in [0, 0.1) is 0 Å². The maximum absolute atomic E-state index is 10.7. The number of carbonyl (C=O) groups excluding carboxylic acids is 1. The molecule has 3 nitrogen and oxygen atoms in total. The van der Waals surface area contributed by atoms with E-state index in [1.165, 1.54) is 16.7 Å². The Morgan fingerprint density at radius 1 is 1.12 bits per heavy atom. The quantitative estimate of drug-likeness (QED) is 0.853. The van der Waals surface area contributed by atoms with Crippen LogP contribution in [0.4, 0.5) is 4.79 Å². The maximum atomic E-state index is 10.7. The number of aryl methyl sites for hydroxylation is 3. The fourth-order valence-electron chi connectivity index (χ4n) is 2.03. The molecule has 17 heavy (non-hydrogen) atoms. The zero-order valence-corrected chi connectivity index (χ0v) is 10.9. The van der Waals surface area contributed by atoms with Gasteiger partial charge in [-0.2, -0.15) is 0 Å². The van der Waals surface area contributed by atoms with E-state index in [0.29, 0.717) is 0 Å². The van der Waals surface area contributed by atoms with Crippen LogP contribution in [-0.4, -0.2) is 6.09 Å². The van der Waals surface area contributed by atoms with Crippen molar-refractivity contribution in [3.05, 3.63) is 34.4 Å². The van der Waals surface area contributed by atoms with E-state index >= 15 is 0 Å². The van der Waals surface area contributed by atoms with Crippen molar-refractivity contribution in [2.24, 2.45) is 5.73 Å². The Kier molecular flexibility index (Phi) is 5.01. The van der Waals surface area contributed by atoms with Crippen molar-refractivity contribution in [2.45, 2.75) is 46.6 Å². The third-order valence-corrected chi connectivity index (χ3v) is 3.02. The first-order valence-corrected chi connectivity index (χ1v) is 6.18. The lowest BCUT2D eigenvalue weighted by molar-refractivity contribution is 0.149. The summed E-state index contributed by atoms with van der Waals surface area (Å²) < 4.78 is 4.93. The van der Waals surface area contributed by atoms with Crippen molar-refractivity contribution in [3.8, 4) is 0 Å². The Morgan fingerprint density at radius 2 is 1.65 bits per heavy atom. The molecule has 1 aromatic rings. The molecule has 0 bridgehead atoms. The fraction of sp³-hybridized carbons (Fsp3) is 0.500. The number of hydrogen-bond donors (Lipinski definition) is 1. The highest BCUT2D eigenvalue weighted by Gasteiger charge is 2.10. The van der Waals surface area contributed by atoms with Crippen LogP contribution in [0.15, 0.2) is 12.1 Å². The number of rotatable bonds is 5. The summed E-state index contributed by atoms with van der Waals surface area (Å²) in [7, 11) is 0. The molecule has 0 aliphatic carbocycles. The number of nitrogens with two attached hydrogens (primary N) is 1. The van der Waals surface area contributed by atoms with Crippen LogP contribution in [0.1, 0.15) is 43.0 Å². The van der Waals surface area contributed by atoms with Gasteiger partial charge in [-0.25, -0.2) is 4.79 Å². The van der Waals surface area contributed by atoms with Gasteiger partial charge in [-0.3, -0.25) is 0 Å². The van der Waals surface area contributed by atoms with Crippen molar-refractivity contribution in [1.82, 2.24) is 0 Å². The van der Waals surface area contributed by atoms with Gasteiger partial charge in [0.05, 0.1) is 0 Å². The van der Waals surface area contributed by atoms with Gasteiger partial charge in [0.1, 0.15) is 6.61 Å². The second-order valence-electron chi connectivity index (χ2n) is 4.06. The molecule has 2 N–H and O–H groups in total. The fourth-order valence-corrected chi connectivity index (χ4v) is 2.03. The molecule has 0 radical (unpaired) electrons. The highest BCUT2D eigenvalue weighted by molar-refractivity contribution is 5.64. The summed E-state index contributed by atoms with van der Waals surface area (Å²) in [6.45, 7) is 6.66. The van der Waals surface area contributed by atoms with E-state index in [4.69, 9.17) is 10.5 Å². The van der Waals surface area contributed by atoms with Crippen LogP contribution in [0.25, 0.3) is 0 Å². The molecule has 0 aliphatic rings. The first kappa shape index (κ1) is 13.6. The van der Waals surface area contributed by atoms with Crippen molar-refractivity contribution in [1.29, 1.82) is 0 Å². The van der Waals surface area contributed by atoms with Crippen LogP contribution in [0.5, 0.6) is 0 Å². The highest BCUT2D eigenvalue weighted by atomic mass is 16.5. The number of ether oxygens (including phenoxy) is 1. The lowest BCUT2D eigenvalue weighted by atomic mass is 9.94. The second kappa shape index (κ2) is 6.28. The number of amides is 1. The van der Waals surface area contributed by atoms with Gasteiger partial charge in [0.25, 0.3) is 0 Å². The van der Waals surface area contributed by atoms with E-state index in [1.807, 2.05) is 0 Å². The van der Waals surface area contributed by atoms with Gasteiger partial charge >= 0.3 is 6.09 Å². The van der Waals surface area contributed by atoms with Crippen LogP contribution in [0.3, 0.4) is 0 Å². The number of hydrogen-bond acceptors (Lipinski definition) is 2. The van der Waals surface area contributed by atoms with Crippen LogP contribution in [-0.2, 0) is 30.6 Å². The molecule has 0 saturated carbocycles. The molecular weight excluding hydrogens is 214 g/mol. The van der Waals surface area contributed by atoms with Crippen LogP contribution in [0.2, 0.25) is 0 Å². The highest BCUT2D eigenvalue weighted by Crippen LogP contribution is 2.21. The van der Waals surface area contributed by atoms with Crippen LogP contribution < -0.4 is 5.73 Å². The van der Waals surface area contributed by atoms with E-state index in [-0.39, 0.29) is 6.61 Å². The standard InChI is InChI=1S/C14H21NO2/c1-4-10-7-11(5-2)13(9-17-14(15)16)12(6-3)8-10/h7-8H,4-6,9H2,1-3H3,(H2,15,16). The Balaban J connectivity index is 3.10. The molecule has 0 heterocycles. The van der Waals surface area contributed by atoms with Gasteiger partial charge in [0.15, 0.2) is 0 Å². The number of benzene rings is 1. The number of carbonyl (C=O) groups is 1. The monoisotopic (exact) mass is 235 g/mol. The van der Waals surface area contributed by atoms with Crippen molar-refractivity contribution in [3.63, 3.8) is 0 Å². The minimum absolute atomic E-state index is 0.283. The predicted octanol–water partition coefficient (Wildman–Crippen LogP) is 2.97. The van der Waals surface area contributed by atoms with Gasteiger partial charge in [0.2, 0.25) is 0 Å². The van der Waals surface area contributed by atoms with Gasteiger partial charge in [-0.15, -0.1) is 0 Å². The first-order chi connectivity index (χ1) is 8.12. The minimum atomic E-state index is -0.714. The summed E-state index contributed by atoms with van der Waals surface area (Å²) in [6.07, 6.45) is 2.20. The molecule has 0 unspecified atom stereocenters. The molecule has 0 aliphatic heterocycles. The minimum Gasteiger partial charge on any atom is -0.445 e. The van der Waals surface area contributed by atoms with Gasteiger partial charge in [0, 0.05) is 0 Å². The molecule has 1 amide bonds. The third-order valence-electron chi connectivity index (χ3n) is 3.02. The van der Waals surface area contributed by atoms with Crippen LogP contribution >= 0.6 is 0 Å². The Labute approximate surface area is 103 Å². The molecule has 3 heteroatoms. The topological polar surface area (TPSA) is 52.3 Å². The molecule has 0 aromatic heterocycles. The summed E-state index contributed by atoms with van der Waals surface area (Å²) in [5, 5.41) is 0. The zero-order valence-electron chi connectivity index (χ0n) is 10.9. The predicted molar refractivity (Wildman–Crippen MR) is 68.9 cm³/mol. The van der Waals surface area contributed by atoms with Gasteiger partial charge in [-0.1, -0.05) is 32.9 Å². The zero-order chi connectivity index (χ0) is 12.8. The average molecular weight is 235 g/mol. The smallest absolute Gasteiger partial charge is 0.404 e. The second-order valence-corrected chi connectivity index (χ2v) is 4.06. The molecule has 0 spiro atoms. The lowest BCUT2D eigenvalue weighted by Gasteiger charge is -2.15. The van der Waals surface area contributed by atoms with E-state index < -0.39 is 6.09 Å². The van der Waals surface area contributed by atoms with Crippen molar-refractivity contribution >= 4 is 6.09 Å². The van der Waals surface area contributed by atoms with Crippen molar-refractivity contribution in [2.75, 3.05) is 0 Å². The summed E-state index contributed by atoms with van der Waals surface area (Å²) in [5.41, 5.74) is 9.97. The average Bonchev–Trinajstić information content (AvgIpc) is 2.34. The maximum Gasteiger partial charge on any atom is 0.404 e. The lowest BCUT2D eigenvalue weighted by Crippen LogP contribution is -2.14. The van der Waals surface area contributed by atoms with E-state index in [0.717, 1.165) is 24.8 Å². The molecule has 94 valence electrons. The Hall–Kier alpha value is -1.51. The van der Waals surface area contributed by atoms with E-state index in [2.05, 4.69) is 32.9 Å². The van der Waals surface area contributed by atoms with E-state index in [9.17, 15) is 4.79 Å². The normalized spacial score (nSPS) is 10.3. The molecule has 1 aromatic carbocycles. The summed E-state index contributed by atoms with van der Waals surface area (Å²) in [5.74, 6) is 0. The van der Waals surface area contributed by atoms with Crippen molar-refractivity contribution < 1.29 is 9.53 Å². The third kappa shape index (κ3) is 3.48. The summed E-state index contributed by atoms with van der Waals surface area (Å²) in [6, 6.07) is 4.39. The Morgan fingerprint density at radius 3 is 2.00 bits per heavy atom. The Bertz CT molecular complexity index is 374. The molecule has 0 saturated heterocycles. The largest absolute Gasteiger partial charge is 0.445 e. The van der Waals surface area contributed by atoms with Gasteiger partial charge in [-0.05, 0) is 41.5 Å². The molecule has 0 fully saturated rings. The number of primary amides is 1. The molecule has 0 atom stereocenters. The van der Waals surface area contributed by atoms with E-state index in [1.54, 1.807) is 0 Å².